The number of rotatable bonds is 5. The highest BCUT2D eigenvalue weighted by atomic mass is 32.1. The van der Waals surface area contributed by atoms with Crippen molar-refractivity contribution in [1.29, 1.82) is 0 Å². The highest BCUT2D eigenvalue weighted by Crippen LogP contribution is 2.24. The smallest absolute Gasteiger partial charge is 0.272 e. The second-order valence-electron chi connectivity index (χ2n) is 8.05. The average Bonchev–Trinajstić information content (AvgIpc) is 3.10. The molecule has 8 heteroatoms. The number of fused-ring (bicyclic) bond motifs is 1. The molecule has 0 bridgehead atoms. The second-order valence-corrected chi connectivity index (χ2v) is 8.91. The van der Waals surface area contributed by atoms with Gasteiger partial charge in [0, 0.05) is 30.4 Å². The summed E-state index contributed by atoms with van der Waals surface area (Å²) in [5.41, 5.74) is 1.28. The molecule has 1 aromatic carbocycles. The Hall–Kier alpha value is -2.58. The zero-order chi connectivity index (χ0) is 20.4. The van der Waals surface area contributed by atoms with Gasteiger partial charge in [-0.25, -0.2) is 10.1 Å². The number of aromatic nitrogens is 3. The molecule has 2 N–H and O–H groups in total. The molecule has 152 valence electrons. The number of anilines is 1. The summed E-state index contributed by atoms with van der Waals surface area (Å²) in [5.74, 6) is 1.21. The predicted octanol–water partition coefficient (Wildman–Crippen LogP) is 3.04. The molecule has 1 amide bonds. The molecule has 0 spiro atoms. The Kier molecular flexibility index (Phi) is 5.73. The van der Waals surface area contributed by atoms with Gasteiger partial charge in [-0.15, -0.1) is 11.3 Å². The lowest BCUT2D eigenvalue weighted by Gasteiger charge is -2.34. The van der Waals surface area contributed by atoms with Crippen LogP contribution in [0.3, 0.4) is 0 Å². The van der Waals surface area contributed by atoms with E-state index in [0.29, 0.717) is 33.4 Å². The number of thiazole rings is 1. The number of carbonyl (C=O) groups excluding carboxylic acids is 1. The van der Waals surface area contributed by atoms with E-state index >= 15 is 0 Å². The number of hydrogen-bond acceptors (Lipinski definition) is 6. The minimum absolute atomic E-state index is 0.0767. The van der Waals surface area contributed by atoms with Crippen LogP contribution in [-0.2, 0) is 17.8 Å². The van der Waals surface area contributed by atoms with E-state index in [-0.39, 0.29) is 17.9 Å². The van der Waals surface area contributed by atoms with Gasteiger partial charge in [-0.1, -0.05) is 32.0 Å². The number of aromatic amines is 1. The number of amides is 1. The molecule has 0 saturated carbocycles. The standard InChI is InChI=1S/C21H25N5O2S/c1-13-7-14(2)10-26(9-13)11-15-12-29-21(22-15)23-19(27)8-18-16-5-3-4-6-17(16)20(28)25-24-18/h3-6,12-14H,7-11H2,1-2H3,(H,25,28)(H,22,23,27). The molecule has 2 atom stereocenters. The summed E-state index contributed by atoms with van der Waals surface area (Å²) < 4.78 is 0. The van der Waals surface area contributed by atoms with Crippen LogP contribution in [0.15, 0.2) is 34.4 Å². The van der Waals surface area contributed by atoms with Crippen molar-refractivity contribution in [2.24, 2.45) is 11.8 Å². The van der Waals surface area contributed by atoms with Crippen molar-refractivity contribution >= 4 is 33.1 Å². The normalized spacial score (nSPS) is 20.1. The van der Waals surface area contributed by atoms with Crippen LogP contribution in [0.25, 0.3) is 10.8 Å². The van der Waals surface area contributed by atoms with E-state index < -0.39 is 0 Å². The molecule has 3 heterocycles. The van der Waals surface area contributed by atoms with E-state index in [1.165, 1.54) is 17.8 Å². The third-order valence-electron chi connectivity index (χ3n) is 5.23. The minimum Gasteiger partial charge on any atom is -0.302 e. The number of likely N-dealkylation sites (tertiary alicyclic amines) is 1. The van der Waals surface area contributed by atoms with Crippen LogP contribution in [-0.4, -0.2) is 39.1 Å². The summed E-state index contributed by atoms with van der Waals surface area (Å²) in [6.45, 7) is 7.59. The predicted molar refractivity (Wildman–Crippen MR) is 115 cm³/mol. The Balaban J connectivity index is 1.40. The number of nitrogens with zero attached hydrogens (tertiary/aromatic N) is 3. The lowest BCUT2D eigenvalue weighted by atomic mass is 9.92. The Morgan fingerprint density at radius 1 is 1.24 bits per heavy atom. The second kappa shape index (κ2) is 8.42. The fourth-order valence-corrected chi connectivity index (χ4v) is 4.93. The summed E-state index contributed by atoms with van der Waals surface area (Å²) in [4.78, 5) is 31.4. The van der Waals surface area contributed by atoms with Crippen LogP contribution >= 0.6 is 11.3 Å². The van der Waals surface area contributed by atoms with Crippen molar-refractivity contribution in [2.45, 2.75) is 33.2 Å². The Morgan fingerprint density at radius 2 is 1.97 bits per heavy atom. The molecule has 3 aromatic rings. The van der Waals surface area contributed by atoms with Gasteiger partial charge in [-0.05, 0) is 24.3 Å². The fourth-order valence-electron chi connectivity index (χ4n) is 4.21. The number of carbonyl (C=O) groups is 1. The van der Waals surface area contributed by atoms with Crippen LogP contribution in [0.4, 0.5) is 5.13 Å². The van der Waals surface area contributed by atoms with Gasteiger partial charge < -0.3 is 5.32 Å². The molecule has 1 aliphatic rings. The van der Waals surface area contributed by atoms with Crippen molar-refractivity contribution in [3.05, 3.63) is 51.4 Å². The van der Waals surface area contributed by atoms with Crippen LogP contribution in [0, 0.1) is 11.8 Å². The van der Waals surface area contributed by atoms with E-state index in [9.17, 15) is 9.59 Å². The maximum Gasteiger partial charge on any atom is 0.272 e. The average molecular weight is 412 g/mol. The molecular formula is C21H25N5O2S. The maximum absolute atomic E-state index is 12.5. The van der Waals surface area contributed by atoms with Crippen molar-refractivity contribution in [2.75, 3.05) is 18.4 Å². The van der Waals surface area contributed by atoms with Crippen molar-refractivity contribution in [3.63, 3.8) is 0 Å². The molecule has 2 unspecified atom stereocenters. The van der Waals surface area contributed by atoms with Crippen molar-refractivity contribution < 1.29 is 4.79 Å². The number of nitrogens with one attached hydrogen (secondary N) is 2. The fraction of sp³-hybridized carbons (Fsp3) is 0.429. The van der Waals surface area contributed by atoms with Gasteiger partial charge in [0.25, 0.3) is 5.56 Å². The first kappa shape index (κ1) is 19.7. The molecular weight excluding hydrogens is 386 g/mol. The maximum atomic E-state index is 12.5. The lowest BCUT2D eigenvalue weighted by molar-refractivity contribution is -0.115. The molecule has 4 rings (SSSR count). The van der Waals surface area contributed by atoms with Gasteiger partial charge >= 0.3 is 0 Å². The summed E-state index contributed by atoms with van der Waals surface area (Å²) >= 11 is 1.44. The van der Waals surface area contributed by atoms with E-state index in [1.54, 1.807) is 12.1 Å². The lowest BCUT2D eigenvalue weighted by Crippen LogP contribution is -2.38. The van der Waals surface area contributed by atoms with Gasteiger partial charge in [0.05, 0.1) is 23.2 Å². The molecule has 0 radical (unpaired) electrons. The van der Waals surface area contributed by atoms with Crippen LogP contribution in [0.5, 0.6) is 0 Å². The van der Waals surface area contributed by atoms with Gasteiger partial charge in [0.1, 0.15) is 0 Å². The van der Waals surface area contributed by atoms with Gasteiger partial charge in [0.2, 0.25) is 5.91 Å². The van der Waals surface area contributed by atoms with Crippen LogP contribution in [0.2, 0.25) is 0 Å². The molecule has 1 fully saturated rings. The molecule has 1 aliphatic heterocycles. The topological polar surface area (TPSA) is 91.0 Å². The summed E-state index contributed by atoms with van der Waals surface area (Å²) in [7, 11) is 0. The highest BCUT2D eigenvalue weighted by molar-refractivity contribution is 7.13. The molecule has 1 saturated heterocycles. The summed E-state index contributed by atoms with van der Waals surface area (Å²) in [5, 5.41) is 13.2. The third-order valence-corrected chi connectivity index (χ3v) is 6.04. The summed E-state index contributed by atoms with van der Waals surface area (Å²) in [6.07, 6.45) is 1.36. The number of H-pyrrole nitrogens is 1. The van der Waals surface area contributed by atoms with E-state index in [2.05, 4.69) is 39.2 Å². The monoisotopic (exact) mass is 411 g/mol. The largest absolute Gasteiger partial charge is 0.302 e. The Morgan fingerprint density at radius 3 is 2.72 bits per heavy atom. The first-order valence-electron chi connectivity index (χ1n) is 9.91. The highest BCUT2D eigenvalue weighted by Gasteiger charge is 2.22. The van der Waals surface area contributed by atoms with Crippen molar-refractivity contribution in [1.82, 2.24) is 20.1 Å². The van der Waals surface area contributed by atoms with Crippen LogP contribution in [0.1, 0.15) is 31.7 Å². The zero-order valence-electron chi connectivity index (χ0n) is 16.6. The van der Waals surface area contributed by atoms with Crippen LogP contribution < -0.4 is 10.9 Å². The molecule has 29 heavy (non-hydrogen) atoms. The third kappa shape index (κ3) is 4.71. The first-order chi connectivity index (χ1) is 14.0. The van der Waals surface area contributed by atoms with Crippen molar-refractivity contribution in [3.8, 4) is 0 Å². The first-order valence-corrected chi connectivity index (χ1v) is 10.8. The molecule has 2 aromatic heterocycles. The van der Waals surface area contributed by atoms with Gasteiger partial charge in [-0.3, -0.25) is 14.5 Å². The number of benzene rings is 1. The quantitative estimate of drug-likeness (QED) is 0.673. The number of piperidine rings is 1. The minimum atomic E-state index is -0.254. The zero-order valence-corrected chi connectivity index (χ0v) is 17.5. The molecule has 0 aliphatic carbocycles. The SMILES string of the molecule is CC1CC(C)CN(Cc2csc(NC(=O)Cc3n[nH]c(=O)c4ccccc34)n2)C1. The van der Waals surface area contributed by atoms with E-state index in [4.69, 9.17) is 0 Å². The Labute approximate surface area is 173 Å². The Bertz CT molecular complexity index is 1070. The van der Waals surface area contributed by atoms with Gasteiger partial charge in [-0.2, -0.15) is 5.10 Å². The summed E-state index contributed by atoms with van der Waals surface area (Å²) in [6, 6.07) is 7.16. The van der Waals surface area contributed by atoms with Gasteiger partial charge in [0.15, 0.2) is 5.13 Å². The van der Waals surface area contributed by atoms with E-state index in [1.807, 2.05) is 17.5 Å². The molecule has 7 nitrogen and oxygen atoms in total. The van der Waals surface area contributed by atoms with E-state index in [0.717, 1.165) is 25.3 Å². The number of hydrogen-bond donors (Lipinski definition) is 2.